The number of para-hydroxylation sites is 1. The maximum atomic E-state index is 13.1. The predicted molar refractivity (Wildman–Crippen MR) is 127 cm³/mol. The molecule has 0 spiro atoms. The molecule has 33 heavy (non-hydrogen) atoms. The molecule has 0 bridgehead atoms. The molecule has 6 heteroatoms. The van der Waals surface area contributed by atoms with Gasteiger partial charge in [-0.15, -0.1) is 0 Å². The summed E-state index contributed by atoms with van der Waals surface area (Å²) in [6.45, 7) is 2.62. The van der Waals surface area contributed by atoms with Gasteiger partial charge in [0.25, 0.3) is 0 Å². The van der Waals surface area contributed by atoms with Crippen molar-refractivity contribution in [1.82, 2.24) is 0 Å². The summed E-state index contributed by atoms with van der Waals surface area (Å²) in [5, 5.41) is 18.1. The molecule has 0 aliphatic rings. The van der Waals surface area contributed by atoms with Gasteiger partial charge >= 0.3 is 11.9 Å². The van der Waals surface area contributed by atoms with Crippen molar-refractivity contribution in [2.75, 3.05) is 6.61 Å². The first-order valence-corrected chi connectivity index (χ1v) is 11.7. The summed E-state index contributed by atoms with van der Waals surface area (Å²) in [4.78, 5) is 35.2. The van der Waals surface area contributed by atoms with E-state index in [1.54, 1.807) is 12.1 Å². The Balaban J connectivity index is 1.91. The van der Waals surface area contributed by atoms with E-state index < -0.39 is 11.9 Å². The third-order valence-electron chi connectivity index (χ3n) is 5.71. The zero-order valence-electron chi connectivity index (χ0n) is 19.3. The van der Waals surface area contributed by atoms with Crippen LogP contribution in [-0.4, -0.2) is 34.5 Å². The van der Waals surface area contributed by atoms with Crippen LogP contribution in [0.1, 0.15) is 84.6 Å². The van der Waals surface area contributed by atoms with Gasteiger partial charge < -0.3 is 14.9 Å². The maximum absolute atomic E-state index is 13.1. The monoisotopic (exact) mass is 454 g/mol. The second-order valence-electron chi connectivity index (χ2n) is 8.29. The molecule has 2 rings (SSSR count). The van der Waals surface area contributed by atoms with Crippen LogP contribution < -0.4 is 4.74 Å². The van der Waals surface area contributed by atoms with E-state index in [9.17, 15) is 19.5 Å². The van der Waals surface area contributed by atoms with Crippen molar-refractivity contribution in [2.45, 2.75) is 64.7 Å². The molecule has 0 aromatic heterocycles. The molecule has 0 heterocycles. The molecule has 0 aliphatic heterocycles. The number of hydrogen-bond donors (Lipinski definition) is 2. The van der Waals surface area contributed by atoms with Crippen LogP contribution in [0.4, 0.5) is 0 Å². The Bertz CT molecular complexity index is 920. The third-order valence-corrected chi connectivity index (χ3v) is 5.71. The topological polar surface area (TPSA) is 101 Å². The van der Waals surface area contributed by atoms with Crippen LogP contribution in [0, 0.1) is 5.92 Å². The van der Waals surface area contributed by atoms with Gasteiger partial charge in [0.2, 0.25) is 0 Å². The maximum Gasteiger partial charge on any atom is 0.335 e. The Morgan fingerprint density at radius 1 is 0.879 bits per heavy atom. The Morgan fingerprint density at radius 3 is 2.27 bits per heavy atom. The van der Waals surface area contributed by atoms with Crippen LogP contribution in [0.3, 0.4) is 0 Å². The number of aromatic carboxylic acids is 1. The summed E-state index contributed by atoms with van der Waals surface area (Å²) < 4.78 is 5.89. The minimum Gasteiger partial charge on any atom is -0.493 e. The van der Waals surface area contributed by atoms with Crippen molar-refractivity contribution >= 4 is 17.7 Å². The number of unbranched alkanes of at least 4 members (excludes halogenated alkanes) is 3. The second kappa shape index (κ2) is 14.1. The number of ether oxygens (including phenoxy) is 1. The average Bonchev–Trinajstić information content (AvgIpc) is 2.81. The third kappa shape index (κ3) is 9.08. The van der Waals surface area contributed by atoms with Crippen molar-refractivity contribution < 1.29 is 29.3 Å². The SMILES string of the molecule is CCCCCC(CCCCOc1ccccc1CCC(=O)O)C(=O)c1cccc(C(=O)O)c1. The molecule has 2 N–H and O–H groups in total. The quantitative estimate of drug-likeness (QED) is 0.237. The molecule has 1 atom stereocenters. The van der Waals surface area contributed by atoms with E-state index in [2.05, 4.69) is 6.92 Å². The highest BCUT2D eigenvalue weighted by Gasteiger charge is 2.20. The molecule has 0 amide bonds. The summed E-state index contributed by atoms with van der Waals surface area (Å²) in [5.41, 5.74) is 1.47. The van der Waals surface area contributed by atoms with Crippen LogP contribution in [-0.2, 0) is 11.2 Å². The molecular formula is C27H34O6. The molecule has 0 fully saturated rings. The molecular weight excluding hydrogens is 420 g/mol. The number of ketones is 1. The second-order valence-corrected chi connectivity index (χ2v) is 8.29. The number of Topliss-reactive ketones (excluding diaryl/α,β-unsaturated/α-hetero) is 1. The molecule has 0 aliphatic carbocycles. The van der Waals surface area contributed by atoms with Gasteiger partial charge in [-0.1, -0.05) is 56.5 Å². The number of aryl methyl sites for hydroxylation is 1. The minimum absolute atomic E-state index is 0.00846. The summed E-state index contributed by atoms with van der Waals surface area (Å²) in [6.07, 6.45) is 6.71. The van der Waals surface area contributed by atoms with Crippen LogP contribution in [0.15, 0.2) is 48.5 Å². The molecule has 2 aromatic carbocycles. The fourth-order valence-electron chi connectivity index (χ4n) is 3.86. The van der Waals surface area contributed by atoms with Crippen molar-refractivity contribution in [3.63, 3.8) is 0 Å². The van der Waals surface area contributed by atoms with Crippen LogP contribution in [0.2, 0.25) is 0 Å². The zero-order chi connectivity index (χ0) is 24.1. The van der Waals surface area contributed by atoms with Gasteiger partial charge in [-0.3, -0.25) is 9.59 Å². The normalized spacial score (nSPS) is 11.7. The molecule has 2 aromatic rings. The summed E-state index contributed by atoms with van der Waals surface area (Å²) in [6, 6.07) is 13.7. The van der Waals surface area contributed by atoms with E-state index in [-0.39, 0.29) is 23.7 Å². The first-order chi connectivity index (χ1) is 15.9. The van der Waals surface area contributed by atoms with E-state index in [0.29, 0.717) is 24.3 Å². The summed E-state index contributed by atoms with van der Waals surface area (Å²) >= 11 is 0. The lowest BCUT2D eigenvalue weighted by molar-refractivity contribution is -0.136. The van der Waals surface area contributed by atoms with Crippen molar-refractivity contribution in [3.8, 4) is 5.75 Å². The van der Waals surface area contributed by atoms with Gasteiger partial charge in [0, 0.05) is 17.9 Å². The first-order valence-electron chi connectivity index (χ1n) is 11.7. The number of carbonyl (C=O) groups is 3. The van der Waals surface area contributed by atoms with Crippen LogP contribution >= 0.6 is 0 Å². The standard InChI is InChI=1S/C27H34O6/c1-2-3-4-11-21(26(30)22-13-9-14-23(19-22)27(31)32)12-7-8-18-33-24-15-6-5-10-20(24)16-17-25(28)29/h5-6,9-10,13-15,19,21H,2-4,7-8,11-12,16-18H2,1H3,(H,28,29)(H,31,32). The van der Waals surface area contributed by atoms with Crippen LogP contribution in [0.5, 0.6) is 5.75 Å². The van der Waals surface area contributed by atoms with E-state index in [0.717, 1.165) is 50.5 Å². The highest BCUT2D eigenvalue weighted by molar-refractivity contribution is 6.00. The van der Waals surface area contributed by atoms with Crippen LogP contribution in [0.25, 0.3) is 0 Å². The van der Waals surface area contributed by atoms with E-state index >= 15 is 0 Å². The highest BCUT2D eigenvalue weighted by atomic mass is 16.5. The van der Waals surface area contributed by atoms with E-state index in [1.165, 1.54) is 12.1 Å². The number of rotatable bonds is 16. The summed E-state index contributed by atoms with van der Waals surface area (Å²) in [5.74, 6) is -1.29. The average molecular weight is 455 g/mol. The number of carboxylic acids is 2. The number of carboxylic acid groups (broad SMARTS) is 2. The fraction of sp³-hybridized carbons (Fsp3) is 0.444. The predicted octanol–water partition coefficient (Wildman–Crippen LogP) is 6.03. The first kappa shape index (κ1) is 26.1. The number of aliphatic carboxylic acids is 1. The fourth-order valence-corrected chi connectivity index (χ4v) is 3.86. The highest BCUT2D eigenvalue weighted by Crippen LogP contribution is 2.24. The van der Waals surface area contributed by atoms with Gasteiger partial charge in [0.05, 0.1) is 12.2 Å². The molecule has 0 saturated heterocycles. The molecule has 6 nitrogen and oxygen atoms in total. The number of carbonyl (C=O) groups excluding carboxylic acids is 1. The Hall–Kier alpha value is -3.15. The minimum atomic E-state index is -1.03. The van der Waals surface area contributed by atoms with Gasteiger partial charge in [0.1, 0.15) is 5.75 Å². The van der Waals surface area contributed by atoms with E-state index in [1.807, 2.05) is 24.3 Å². The number of hydrogen-bond acceptors (Lipinski definition) is 4. The number of benzene rings is 2. The molecule has 0 saturated carbocycles. The largest absolute Gasteiger partial charge is 0.493 e. The van der Waals surface area contributed by atoms with Crippen molar-refractivity contribution in [2.24, 2.45) is 5.92 Å². The molecule has 178 valence electrons. The Morgan fingerprint density at radius 2 is 1.58 bits per heavy atom. The Labute approximate surface area is 195 Å². The summed E-state index contributed by atoms with van der Waals surface area (Å²) in [7, 11) is 0. The lowest BCUT2D eigenvalue weighted by Crippen LogP contribution is -2.16. The van der Waals surface area contributed by atoms with Gasteiger partial charge in [0.15, 0.2) is 5.78 Å². The van der Waals surface area contributed by atoms with Gasteiger partial charge in [-0.25, -0.2) is 4.79 Å². The zero-order valence-corrected chi connectivity index (χ0v) is 19.3. The van der Waals surface area contributed by atoms with Gasteiger partial charge in [-0.2, -0.15) is 0 Å². The lowest BCUT2D eigenvalue weighted by atomic mass is 9.87. The van der Waals surface area contributed by atoms with E-state index in [4.69, 9.17) is 9.84 Å². The lowest BCUT2D eigenvalue weighted by Gasteiger charge is -2.17. The van der Waals surface area contributed by atoms with Gasteiger partial charge in [-0.05, 0) is 55.9 Å². The molecule has 0 radical (unpaired) electrons. The smallest absolute Gasteiger partial charge is 0.335 e. The van der Waals surface area contributed by atoms with Crippen molar-refractivity contribution in [3.05, 3.63) is 65.2 Å². The van der Waals surface area contributed by atoms with Crippen molar-refractivity contribution in [1.29, 1.82) is 0 Å². The molecule has 1 unspecified atom stereocenters. The Kier molecular flexibility index (Phi) is 11.1.